The van der Waals surface area contributed by atoms with Crippen LogP contribution in [0.1, 0.15) is 0 Å². The van der Waals surface area contributed by atoms with Gasteiger partial charge in [0.05, 0.1) is 0 Å². The van der Waals surface area contributed by atoms with Crippen molar-refractivity contribution in [2.75, 3.05) is 0 Å². The van der Waals surface area contributed by atoms with Gasteiger partial charge in [-0.05, 0) is 33.5 Å². The van der Waals surface area contributed by atoms with Crippen LogP contribution in [-0.4, -0.2) is 4.98 Å². The number of hydrogen-bond acceptors (Lipinski definition) is 2. The molecule has 0 aliphatic rings. The molecule has 0 unspecified atom stereocenters. The Hall–Kier alpha value is -0.280. The molecule has 0 saturated carbocycles. The van der Waals surface area contributed by atoms with E-state index >= 15 is 0 Å². The smallest absolute Gasteiger partial charge is 0.100 e. The average Bonchev–Trinajstić information content (AvgIpc) is 1.95. The summed E-state index contributed by atoms with van der Waals surface area (Å²) in [6, 6.07) is 3.90. The first-order valence-electron chi connectivity index (χ1n) is 2.72. The van der Waals surface area contributed by atoms with Gasteiger partial charge in [0.2, 0.25) is 0 Å². The first-order chi connectivity index (χ1) is 4.83. The van der Waals surface area contributed by atoms with Crippen LogP contribution in [0.15, 0.2) is 39.8 Å². The van der Waals surface area contributed by atoms with Gasteiger partial charge in [0, 0.05) is 10.7 Å². The molecule has 0 amide bonds. The highest BCUT2D eigenvalue weighted by Gasteiger charge is 1.89. The first kappa shape index (κ1) is 7.82. The Morgan fingerprint density at radius 2 is 2.40 bits per heavy atom. The van der Waals surface area contributed by atoms with Crippen molar-refractivity contribution in [3.63, 3.8) is 0 Å². The molecular formula is C7H6BrNS. The van der Waals surface area contributed by atoms with E-state index in [2.05, 4.69) is 27.5 Å². The highest BCUT2D eigenvalue weighted by atomic mass is 79.9. The van der Waals surface area contributed by atoms with Crippen molar-refractivity contribution in [3.8, 4) is 0 Å². The largest absolute Gasteiger partial charge is 0.248 e. The van der Waals surface area contributed by atoms with Crippen LogP contribution in [0.3, 0.4) is 0 Å². The van der Waals surface area contributed by atoms with Crippen LogP contribution in [0.2, 0.25) is 0 Å². The zero-order valence-electron chi connectivity index (χ0n) is 5.25. The van der Waals surface area contributed by atoms with E-state index in [-0.39, 0.29) is 0 Å². The van der Waals surface area contributed by atoms with Crippen molar-refractivity contribution < 1.29 is 0 Å². The van der Waals surface area contributed by atoms with Gasteiger partial charge < -0.3 is 0 Å². The molecule has 0 aliphatic carbocycles. The maximum Gasteiger partial charge on any atom is 0.100 e. The molecule has 52 valence electrons. The number of nitrogens with zero attached hydrogens (tertiary/aromatic N) is 1. The Labute approximate surface area is 72.7 Å². The highest BCUT2D eigenvalue weighted by Crippen LogP contribution is 2.17. The Bertz CT molecular complexity index is 220. The molecule has 3 heteroatoms. The topological polar surface area (TPSA) is 12.9 Å². The van der Waals surface area contributed by atoms with Gasteiger partial charge in [-0.15, -0.1) is 0 Å². The number of thioether (sulfide) groups is 1. The molecule has 0 fully saturated rings. The van der Waals surface area contributed by atoms with Crippen molar-refractivity contribution in [3.05, 3.63) is 34.8 Å². The van der Waals surface area contributed by atoms with Gasteiger partial charge in [-0.2, -0.15) is 0 Å². The summed E-state index contributed by atoms with van der Waals surface area (Å²) in [5.74, 6) is 0. The molecule has 0 radical (unpaired) electrons. The third-order valence-electron chi connectivity index (χ3n) is 0.904. The summed E-state index contributed by atoms with van der Waals surface area (Å²) < 4.78 is 1.00. The molecule has 0 saturated heterocycles. The fourth-order valence-corrected chi connectivity index (χ4v) is 1.18. The fraction of sp³-hybridized carbons (Fsp3) is 0. The van der Waals surface area contributed by atoms with Crippen molar-refractivity contribution in [1.82, 2.24) is 4.98 Å². The van der Waals surface area contributed by atoms with Crippen LogP contribution in [-0.2, 0) is 0 Å². The van der Waals surface area contributed by atoms with Gasteiger partial charge in [-0.1, -0.05) is 18.3 Å². The van der Waals surface area contributed by atoms with Crippen molar-refractivity contribution in [2.24, 2.45) is 0 Å². The van der Waals surface area contributed by atoms with E-state index in [1.807, 2.05) is 12.1 Å². The summed E-state index contributed by atoms with van der Waals surface area (Å²) in [6.07, 6.45) is 1.77. The predicted molar refractivity (Wildman–Crippen MR) is 48.0 cm³/mol. The van der Waals surface area contributed by atoms with E-state index in [9.17, 15) is 0 Å². The lowest BCUT2D eigenvalue weighted by molar-refractivity contribution is 1.13. The molecule has 0 aromatic carbocycles. The van der Waals surface area contributed by atoms with E-state index in [0.29, 0.717) is 0 Å². The maximum absolute atomic E-state index is 4.11. The number of halogens is 1. The standard InChI is InChI=1S/C7H6BrNS/c1-2-10-7-4-3-6(8)5-9-7/h2-5H,1H2. The lowest BCUT2D eigenvalue weighted by Gasteiger charge is -1.92. The van der Waals surface area contributed by atoms with Crippen LogP contribution in [0.25, 0.3) is 0 Å². The molecule has 1 rings (SSSR count). The molecule has 1 heterocycles. The molecule has 0 bridgehead atoms. The summed E-state index contributed by atoms with van der Waals surface area (Å²) >= 11 is 4.81. The second-order valence-corrected chi connectivity index (χ2v) is 3.50. The van der Waals surface area contributed by atoms with E-state index in [1.165, 1.54) is 11.8 Å². The second kappa shape index (κ2) is 3.78. The molecule has 0 spiro atoms. The number of hydrogen-bond donors (Lipinski definition) is 0. The summed E-state index contributed by atoms with van der Waals surface area (Å²) in [5, 5.41) is 2.73. The van der Waals surface area contributed by atoms with Crippen molar-refractivity contribution >= 4 is 27.7 Å². The third kappa shape index (κ3) is 2.15. The summed E-state index contributed by atoms with van der Waals surface area (Å²) in [7, 11) is 0. The van der Waals surface area contributed by atoms with Gasteiger partial charge in [-0.3, -0.25) is 0 Å². The van der Waals surface area contributed by atoms with Gasteiger partial charge in [0.1, 0.15) is 5.03 Å². The van der Waals surface area contributed by atoms with Gasteiger partial charge in [0.15, 0.2) is 0 Å². The fourth-order valence-electron chi connectivity index (χ4n) is 0.517. The van der Waals surface area contributed by atoms with Gasteiger partial charge in [-0.25, -0.2) is 4.98 Å². The van der Waals surface area contributed by atoms with E-state index < -0.39 is 0 Å². The molecule has 10 heavy (non-hydrogen) atoms. The minimum absolute atomic E-state index is 0.971. The third-order valence-corrected chi connectivity index (χ3v) is 2.02. The Balaban J connectivity index is 2.78. The predicted octanol–water partition coefficient (Wildman–Crippen LogP) is 3.08. The molecule has 1 nitrogen and oxygen atoms in total. The lowest BCUT2D eigenvalue weighted by atomic mass is 10.5. The molecule has 1 aromatic rings. The summed E-state index contributed by atoms with van der Waals surface area (Å²) in [6.45, 7) is 3.59. The SMILES string of the molecule is C=CSc1ccc(Br)cn1. The monoisotopic (exact) mass is 215 g/mol. The minimum atomic E-state index is 0.971. The second-order valence-electron chi connectivity index (χ2n) is 1.60. The number of aromatic nitrogens is 1. The maximum atomic E-state index is 4.11. The summed E-state index contributed by atoms with van der Waals surface area (Å²) in [4.78, 5) is 4.11. The number of rotatable bonds is 2. The van der Waals surface area contributed by atoms with Crippen molar-refractivity contribution in [1.29, 1.82) is 0 Å². The minimum Gasteiger partial charge on any atom is -0.248 e. The quantitative estimate of drug-likeness (QED) is 0.704. The van der Waals surface area contributed by atoms with Crippen LogP contribution < -0.4 is 0 Å². The van der Waals surface area contributed by atoms with E-state index in [4.69, 9.17) is 0 Å². The van der Waals surface area contributed by atoms with Gasteiger partial charge >= 0.3 is 0 Å². The zero-order chi connectivity index (χ0) is 7.40. The summed E-state index contributed by atoms with van der Waals surface area (Å²) in [5.41, 5.74) is 0. The van der Waals surface area contributed by atoms with E-state index in [1.54, 1.807) is 11.6 Å². The van der Waals surface area contributed by atoms with Crippen LogP contribution in [0.5, 0.6) is 0 Å². The molecule has 0 N–H and O–H groups in total. The molecule has 1 aromatic heterocycles. The van der Waals surface area contributed by atoms with Crippen LogP contribution >= 0.6 is 27.7 Å². The Morgan fingerprint density at radius 1 is 1.60 bits per heavy atom. The first-order valence-corrected chi connectivity index (χ1v) is 4.39. The normalized spacial score (nSPS) is 9.30. The molecular weight excluding hydrogens is 210 g/mol. The zero-order valence-corrected chi connectivity index (χ0v) is 7.65. The Kier molecular flexibility index (Phi) is 2.96. The van der Waals surface area contributed by atoms with Gasteiger partial charge in [0.25, 0.3) is 0 Å². The highest BCUT2D eigenvalue weighted by molar-refractivity contribution is 9.10. The Morgan fingerprint density at radius 3 is 2.90 bits per heavy atom. The average molecular weight is 216 g/mol. The molecule has 0 aliphatic heterocycles. The van der Waals surface area contributed by atoms with Crippen LogP contribution in [0.4, 0.5) is 0 Å². The van der Waals surface area contributed by atoms with Crippen molar-refractivity contribution in [2.45, 2.75) is 5.03 Å². The lowest BCUT2D eigenvalue weighted by Crippen LogP contribution is -1.74. The van der Waals surface area contributed by atoms with E-state index in [0.717, 1.165) is 9.50 Å². The number of pyridine rings is 1. The molecule has 0 atom stereocenters. The van der Waals surface area contributed by atoms with Crippen LogP contribution in [0, 0.1) is 0 Å².